The van der Waals surface area contributed by atoms with Gasteiger partial charge in [0, 0.05) is 17.1 Å². The highest BCUT2D eigenvalue weighted by Gasteiger charge is 2.35. The molecule has 0 radical (unpaired) electrons. The highest BCUT2D eigenvalue weighted by Crippen LogP contribution is 2.27. The van der Waals surface area contributed by atoms with Crippen LogP contribution in [0.3, 0.4) is 0 Å². The van der Waals surface area contributed by atoms with Gasteiger partial charge in [-0.25, -0.2) is 0 Å². The largest absolute Gasteiger partial charge is 0.318 e. The van der Waals surface area contributed by atoms with Gasteiger partial charge >= 0.3 is 0 Å². The Morgan fingerprint density at radius 3 is 2.38 bits per heavy atom. The molecule has 1 N–H and O–H groups in total. The number of aromatic nitrogens is 1. The number of hydrogen-bond acceptors (Lipinski definition) is 3. The van der Waals surface area contributed by atoms with Crippen LogP contribution < -0.4 is 10.2 Å². The summed E-state index contributed by atoms with van der Waals surface area (Å²) in [5.74, 6) is -0.905. The van der Waals surface area contributed by atoms with E-state index in [-0.39, 0.29) is 10.7 Å². The minimum atomic E-state index is -0.482. The average Bonchev–Trinajstić information content (AvgIpc) is 3.09. The van der Waals surface area contributed by atoms with Gasteiger partial charge in [-0.05, 0) is 92.9 Å². The second kappa shape index (κ2) is 9.77. The van der Waals surface area contributed by atoms with Crippen molar-refractivity contribution in [3.8, 4) is 5.69 Å². The van der Waals surface area contributed by atoms with Gasteiger partial charge in [-0.3, -0.25) is 19.8 Å². The average molecular weight is 472 g/mol. The van der Waals surface area contributed by atoms with Crippen molar-refractivity contribution in [2.24, 2.45) is 0 Å². The van der Waals surface area contributed by atoms with Crippen molar-refractivity contribution in [1.82, 2.24) is 9.88 Å². The Labute approximate surface area is 206 Å². The molecule has 1 aromatic heterocycles. The Morgan fingerprint density at radius 1 is 1.00 bits per heavy atom. The minimum absolute atomic E-state index is 0.0621. The van der Waals surface area contributed by atoms with Crippen molar-refractivity contribution in [1.29, 1.82) is 0 Å². The monoisotopic (exact) mass is 471 g/mol. The lowest BCUT2D eigenvalue weighted by Crippen LogP contribution is -2.54. The van der Waals surface area contributed by atoms with Gasteiger partial charge < -0.3 is 4.57 Å². The van der Waals surface area contributed by atoms with Crippen molar-refractivity contribution in [3.05, 3.63) is 88.2 Å². The topological polar surface area (TPSA) is 54.3 Å². The Morgan fingerprint density at radius 2 is 1.71 bits per heavy atom. The number of hydrogen-bond donors (Lipinski definition) is 1. The fourth-order valence-electron chi connectivity index (χ4n) is 4.37. The molecule has 0 bridgehead atoms. The van der Waals surface area contributed by atoms with Crippen LogP contribution in [0.2, 0.25) is 0 Å². The van der Waals surface area contributed by atoms with Gasteiger partial charge in [-0.15, -0.1) is 0 Å². The van der Waals surface area contributed by atoms with Gasteiger partial charge in [0.2, 0.25) is 0 Å². The zero-order valence-corrected chi connectivity index (χ0v) is 20.8. The molecule has 2 amide bonds. The zero-order chi connectivity index (χ0) is 24.4. The number of nitrogens with zero attached hydrogens (tertiary/aromatic N) is 2. The smallest absolute Gasteiger partial charge is 0.270 e. The number of amides is 2. The molecule has 1 aliphatic rings. The van der Waals surface area contributed by atoms with Gasteiger partial charge in [-0.2, -0.15) is 0 Å². The quantitative estimate of drug-likeness (QED) is 0.290. The van der Waals surface area contributed by atoms with Crippen molar-refractivity contribution in [3.63, 3.8) is 0 Å². The first-order chi connectivity index (χ1) is 16.3. The number of benzene rings is 2. The first-order valence-corrected chi connectivity index (χ1v) is 12.0. The number of anilines is 1. The molecule has 2 aromatic carbocycles. The molecule has 2 heterocycles. The molecule has 3 aromatic rings. The van der Waals surface area contributed by atoms with Crippen LogP contribution in [0.1, 0.15) is 47.8 Å². The number of thiocarbonyl (C=S) groups is 1. The lowest BCUT2D eigenvalue weighted by Gasteiger charge is -2.30. The number of carbonyl (C=O) groups is 2. The maximum Gasteiger partial charge on any atom is 0.270 e. The van der Waals surface area contributed by atoms with Gasteiger partial charge in [0.25, 0.3) is 11.8 Å². The summed E-state index contributed by atoms with van der Waals surface area (Å²) in [4.78, 5) is 27.6. The minimum Gasteiger partial charge on any atom is -0.318 e. The molecule has 5 nitrogen and oxygen atoms in total. The van der Waals surface area contributed by atoms with Crippen molar-refractivity contribution in [2.75, 3.05) is 4.90 Å². The van der Waals surface area contributed by atoms with Gasteiger partial charge in [0.15, 0.2) is 5.11 Å². The molecule has 0 saturated carbocycles. The van der Waals surface area contributed by atoms with E-state index in [0.717, 1.165) is 34.6 Å². The highest BCUT2D eigenvalue weighted by molar-refractivity contribution is 7.80. The van der Waals surface area contributed by atoms with E-state index in [1.807, 2.05) is 51.1 Å². The number of nitrogens with one attached hydrogen (secondary N) is 1. The fraction of sp³-hybridized carbons (Fsp3) is 0.250. The lowest BCUT2D eigenvalue weighted by molar-refractivity contribution is -0.122. The molecule has 1 fully saturated rings. The summed E-state index contributed by atoms with van der Waals surface area (Å²) in [5.41, 5.74) is 6.82. The zero-order valence-electron chi connectivity index (χ0n) is 20.0. The van der Waals surface area contributed by atoms with Gasteiger partial charge in [0.05, 0.1) is 5.69 Å². The summed E-state index contributed by atoms with van der Waals surface area (Å²) in [5, 5.41) is 2.77. The number of rotatable bonds is 6. The summed E-state index contributed by atoms with van der Waals surface area (Å²) in [7, 11) is 0. The normalized spacial score (nSPS) is 15.2. The van der Waals surface area contributed by atoms with E-state index in [0.29, 0.717) is 5.69 Å². The molecule has 34 heavy (non-hydrogen) atoms. The van der Waals surface area contributed by atoms with Crippen LogP contribution in [0, 0.1) is 20.8 Å². The molecule has 4 rings (SSSR count). The molecule has 0 spiro atoms. The van der Waals surface area contributed by atoms with Crippen LogP contribution in [0.4, 0.5) is 5.69 Å². The molecule has 0 aliphatic carbocycles. The first-order valence-electron chi connectivity index (χ1n) is 11.6. The van der Waals surface area contributed by atoms with E-state index < -0.39 is 11.8 Å². The van der Waals surface area contributed by atoms with Crippen molar-refractivity contribution < 1.29 is 9.59 Å². The SMILES string of the molecule is CCCCc1ccc(-n2c(C)cc(/C=C3\C(=O)NC(=S)N(c4ccccc4C)C3=O)c2C)cc1. The van der Waals surface area contributed by atoms with Crippen LogP contribution in [0.15, 0.2) is 60.2 Å². The molecule has 174 valence electrons. The Balaban J connectivity index is 1.70. The Hall–Kier alpha value is -3.51. The van der Waals surface area contributed by atoms with Crippen LogP contribution >= 0.6 is 12.2 Å². The third kappa shape index (κ3) is 4.46. The van der Waals surface area contributed by atoms with E-state index in [9.17, 15) is 9.59 Å². The second-order valence-electron chi connectivity index (χ2n) is 8.68. The summed E-state index contributed by atoms with van der Waals surface area (Å²) in [6.45, 7) is 8.13. The molecular weight excluding hydrogens is 442 g/mol. The summed E-state index contributed by atoms with van der Waals surface area (Å²) in [6.07, 6.45) is 5.10. The van der Waals surface area contributed by atoms with Gasteiger partial charge in [-0.1, -0.05) is 43.7 Å². The molecule has 6 heteroatoms. The summed E-state index contributed by atoms with van der Waals surface area (Å²) >= 11 is 5.33. The van der Waals surface area contributed by atoms with Crippen LogP contribution in [-0.2, 0) is 16.0 Å². The van der Waals surface area contributed by atoms with E-state index in [4.69, 9.17) is 12.2 Å². The standard InChI is InChI=1S/C28H29N3O2S/c1-5-6-10-21-12-14-23(15-13-21)30-19(3)16-22(20(30)4)17-24-26(32)29-28(34)31(27(24)33)25-11-8-7-9-18(25)2/h7-9,11-17H,5-6,10H2,1-4H3,(H,29,32,34)/b24-17+. The Bertz CT molecular complexity index is 1300. The maximum absolute atomic E-state index is 13.4. The molecule has 1 aliphatic heterocycles. The number of unbranched alkanes of at least 4 members (excludes halogenated alkanes) is 1. The third-order valence-corrected chi connectivity index (χ3v) is 6.53. The number of carbonyl (C=O) groups excluding carboxylic acids is 2. The van der Waals surface area contributed by atoms with E-state index in [1.165, 1.54) is 23.3 Å². The molecule has 1 saturated heterocycles. The molecular formula is C28H29N3O2S. The van der Waals surface area contributed by atoms with E-state index in [1.54, 1.807) is 6.08 Å². The second-order valence-corrected chi connectivity index (χ2v) is 9.06. The van der Waals surface area contributed by atoms with E-state index >= 15 is 0 Å². The highest BCUT2D eigenvalue weighted by atomic mass is 32.1. The predicted octanol–water partition coefficient (Wildman–Crippen LogP) is 5.58. The number of aryl methyl sites for hydroxylation is 3. The van der Waals surface area contributed by atoms with E-state index in [2.05, 4.69) is 41.1 Å². The van der Waals surface area contributed by atoms with Crippen molar-refractivity contribution in [2.45, 2.75) is 47.0 Å². The van der Waals surface area contributed by atoms with Crippen LogP contribution in [0.25, 0.3) is 11.8 Å². The van der Waals surface area contributed by atoms with Crippen molar-refractivity contribution >= 4 is 40.9 Å². The summed E-state index contributed by atoms with van der Waals surface area (Å²) in [6, 6.07) is 18.1. The Kier molecular flexibility index (Phi) is 6.80. The predicted molar refractivity (Wildman–Crippen MR) is 141 cm³/mol. The first kappa shape index (κ1) is 23.6. The van der Waals surface area contributed by atoms with Crippen LogP contribution in [-0.4, -0.2) is 21.5 Å². The molecule has 0 unspecified atom stereocenters. The lowest BCUT2D eigenvalue weighted by atomic mass is 10.1. The summed E-state index contributed by atoms with van der Waals surface area (Å²) < 4.78 is 2.14. The maximum atomic E-state index is 13.4. The fourth-order valence-corrected chi connectivity index (χ4v) is 4.64. The van der Waals surface area contributed by atoms with Gasteiger partial charge in [0.1, 0.15) is 5.57 Å². The third-order valence-electron chi connectivity index (χ3n) is 6.24. The number of para-hydroxylation sites is 1. The van der Waals surface area contributed by atoms with Crippen LogP contribution in [0.5, 0.6) is 0 Å². The molecule has 0 atom stereocenters.